The predicted molar refractivity (Wildman–Crippen MR) is 77.9 cm³/mol. The summed E-state index contributed by atoms with van der Waals surface area (Å²) >= 11 is 0. The Balaban J connectivity index is 2.98. The van der Waals surface area contributed by atoms with Gasteiger partial charge in [0.05, 0.1) is 0 Å². The number of aryl methyl sites for hydroxylation is 1. The van der Waals surface area contributed by atoms with E-state index in [1.165, 1.54) is 0 Å². The monoisotopic (exact) mass is 264 g/mol. The van der Waals surface area contributed by atoms with Gasteiger partial charge in [0.1, 0.15) is 5.82 Å². The van der Waals surface area contributed by atoms with E-state index in [0.29, 0.717) is 11.4 Å². The molecule has 0 bridgehead atoms. The van der Waals surface area contributed by atoms with E-state index >= 15 is 0 Å². The van der Waals surface area contributed by atoms with Gasteiger partial charge >= 0.3 is 0 Å². The summed E-state index contributed by atoms with van der Waals surface area (Å²) in [6.45, 7) is 6.18. The fraction of sp³-hybridized carbons (Fsp3) is 0.571. The van der Waals surface area contributed by atoms with Crippen LogP contribution in [0.2, 0.25) is 0 Å². The minimum Gasteiger partial charge on any atom is -0.339 e. The normalized spacial score (nSPS) is 12.1. The van der Waals surface area contributed by atoms with E-state index < -0.39 is 0 Å². The molecular formula is C14H24N4O. The average Bonchev–Trinajstić information content (AvgIpc) is 2.45. The van der Waals surface area contributed by atoms with Crippen LogP contribution in [0.15, 0.2) is 12.1 Å². The molecule has 0 aromatic carbocycles. The number of nitrogens with zero attached hydrogens (tertiary/aromatic N) is 2. The highest BCUT2D eigenvalue weighted by atomic mass is 16.2. The Kier molecular flexibility index (Phi) is 5.76. The smallest absolute Gasteiger partial charge is 0.254 e. The molecule has 1 rings (SSSR count). The Morgan fingerprint density at radius 3 is 2.68 bits per heavy atom. The first-order valence-corrected chi connectivity index (χ1v) is 6.78. The van der Waals surface area contributed by atoms with Crippen molar-refractivity contribution in [1.82, 2.24) is 9.88 Å². The molecule has 1 unspecified atom stereocenters. The first-order chi connectivity index (χ1) is 9.03. The van der Waals surface area contributed by atoms with Crippen LogP contribution in [-0.4, -0.2) is 28.9 Å². The number of hydrogen-bond donors (Lipinski definition) is 2. The molecule has 0 saturated heterocycles. The molecule has 0 saturated carbocycles. The number of carbonyl (C=O) groups is 1. The lowest BCUT2D eigenvalue weighted by Gasteiger charge is -2.25. The van der Waals surface area contributed by atoms with Crippen LogP contribution >= 0.6 is 0 Å². The maximum atomic E-state index is 12.4. The van der Waals surface area contributed by atoms with Crippen LogP contribution in [0, 0.1) is 0 Å². The maximum Gasteiger partial charge on any atom is 0.254 e. The summed E-state index contributed by atoms with van der Waals surface area (Å²) in [5.74, 6) is 5.92. The molecule has 1 heterocycles. The number of rotatable bonds is 6. The lowest BCUT2D eigenvalue weighted by atomic mass is 10.1. The topological polar surface area (TPSA) is 71.2 Å². The zero-order valence-corrected chi connectivity index (χ0v) is 12.2. The van der Waals surface area contributed by atoms with Crippen molar-refractivity contribution < 1.29 is 4.79 Å². The van der Waals surface area contributed by atoms with Gasteiger partial charge < -0.3 is 10.3 Å². The van der Waals surface area contributed by atoms with E-state index in [1.54, 1.807) is 11.0 Å². The molecule has 1 aromatic rings. The van der Waals surface area contributed by atoms with Crippen molar-refractivity contribution in [3.05, 3.63) is 23.4 Å². The number of aromatic nitrogens is 1. The zero-order valence-electron chi connectivity index (χ0n) is 12.2. The highest BCUT2D eigenvalue weighted by Crippen LogP contribution is 2.15. The van der Waals surface area contributed by atoms with Gasteiger partial charge in [-0.3, -0.25) is 4.79 Å². The lowest BCUT2D eigenvalue weighted by molar-refractivity contribution is 0.0736. The first kappa shape index (κ1) is 15.4. The molecule has 0 aliphatic carbocycles. The Labute approximate surface area is 115 Å². The highest BCUT2D eigenvalue weighted by molar-refractivity contribution is 5.95. The van der Waals surface area contributed by atoms with Crippen molar-refractivity contribution >= 4 is 11.7 Å². The zero-order chi connectivity index (χ0) is 14.4. The number of pyridine rings is 1. The van der Waals surface area contributed by atoms with Crippen molar-refractivity contribution in [3.63, 3.8) is 0 Å². The summed E-state index contributed by atoms with van der Waals surface area (Å²) in [4.78, 5) is 18.5. The van der Waals surface area contributed by atoms with Crippen molar-refractivity contribution in [2.45, 2.75) is 46.1 Å². The number of nitrogens with two attached hydrogens (primary N) is 1. The standard InChI is InChI=1S/C14H24N4O/c1-5-7-10(3)18(4)14(19)11-8-12(6-2)16-13(9-11)17-15/h8-10H,5-7,15H2,1-4H3,(H,16,17). The molecule has 1 atom stereocenters. The van der Waals surface area contributed by atoms with Gasteiger partial charge in [-0.25, -0.2) is 10.8 Å². The largest absolute Gasteiger partial charge is 0.339 e. The van der Waals surface area contributed by atoms with Gasteiger partial charge in [-0.1, -0.05) is 20.3 Å². The number of anilines is 1. The van der Waals surface area contributed by atoms with Crippen molar-refractivity contribution in [2.75, 3.05) is 12.5 Å². The number of nitrogens with one attached hydrogen (secondary N) is 1. The summed E-state index contributed by atoms with van der Waals surface area (Å²) in [7, 11) is 1.84. The van der Waals surface area contributed by atoms with Crippen LogP contribution < -0.4 is 11.3 Å². The van der Waals surface area contributed by atoms with E-state index in [2.05, 4.69) is 24.3 Å². The molecular weight excluding hydrogens is 240 g/mol. The van der Waals surface area contributed by atoms with Crippen LogP contribution in [-0.2, 0) is 6.42 Å². The third kappa shape index (κ3) is 3.92. The SMILES string of the molecule is CCCC(C)N(C)C(=O)c1cc(CC)nc(NN)c1. The van der Waals surface area contributed by atoms with Gasteiger partial charge in [0.2, 0.25) is 0 Å². The van der Waals surface area contributed by atoms with Gasteiger partial charge in [-0.15, -0.1) is 0 Å². The third-order valence-electron chi connectivity index (χ3n) is 3.32. The number of amides is 1. The van der Waals surface area contributed by atoms with Crippen molar-refractivity contribution in [1.29, 1.82) is 0 Å². The van der Waals surface area contributed by atoms with Gasteiger partial charge in [0.15, 0.2) is 0 Å². The van der Waals surface area contributed by atoms with Crippen LogP contribution in [0.1, 0.15) is 49.7 Å². The Morgan fingerprint density at radius 2 is 2.16 bits per heavy atom. The molecule has 5 heteroatoms. The van der Waals surface area contributed by atoms with Crippen molar-refractivity contribution in [3.8, 4) is 0 Å². The van der Waals surface area contributed by atoms with Gasteiger partial charge in [-0.05, 0) is 31.9 Å². The number of hydrazine groups is 1. The fourth-order valence-corrected chi connectivity index (χ4v) is 1.98. The number of nitrogen functional groups attached to an aromatic ring is 1. The summed E-state index contributed by atoms with van der Waals surface area (Å²) in [6.07, 6.45) is 2.82. The minimum atomic E-state index is 0.00884. The molecule has 3 N–H and O–H groups in total. The van der Waals surface area contributed by atoms with Gasteiger partial charge in [-0.2, -0.15) is 0 Å². The molecule has 0 radical (unpaired) electrons. The van der Waals surface area contributed by atoms with E-state index in [-0.39, 0.29) is 11.9 Å². The Hall–Kier alpha value is -1.62. The summed E-state index contributed by atoms with van der Waals surface area (Å²) < 4.78 is 0. The van der Waals surface area contributed by atoms with Gasteiger partial charge in [0, 0.05) is 24.3 Å². The molecule has 5 nitrogen and oxygen atoms in total. The maximum absolute atomic E-state index is 12.4. The van der Waals surface area contributed by atoms with Crippen LogP contribution in [0.3, 0.4) is 0 Å². The van der Waals surface area contributed by atoms with E-state index in [1.807, 2.05) is 20.0 Å². The van der Waals surface area contributed by atoms with Crippen LogP contribution in [0.25, 0.3) is 0 Å². The molecule has 1 amide bonds. The van der Waals surface area contributed by atoms with Crippen LogP contribution in [0.5, 0.6) is 0 Å². The van der Waals surface area contributed by atoms with Crippen LogP contribution in [0.4, 0.5) is 5.82 Å². The fourth-order valence-electron chi connectivity index (χ4n) is 1.98. The molecule has 0 aliphatic rings. The third-order valence-corrected chi connectivity index (χ3v) is 3.32. The van der Waals surface area contributed by atoms with E-state index in [0.717, 1.165) is 25.0 Å². The molecule has 1 aromatic heterocycles. The predicted octanol–water partition coefficient (Wildman–Crippen LogP) is 2.19. The highest BCUT2D eigenvalue weighted by Gasteiger charge is 2.18. The molecule has 106 valence electrons. The second kappa shape index (κ2) is 7.09. The lowest BCUT2D eigenvalue weighted by Crippen LogP contribution is -2.35. The number of carbonyl (C=O) groups excluding carboxylic acids is 1. The second-order valence-electron chi connectivity index (χ2n) is 4.78. The average molecular weight is 264 g/mol. The first-order valence-electron chi connectivity index (χ1n) is 6.78. The summed E-state index contributed by atoms with van der Waals surface area (Å²) in [5, 5.41) is 0. The molecule has 0 fully saturated rings. The molecule has 0 spiro atoms. The van der Waals surface area contributed by atoms with Gasteiger partial charge in [0.25, 0.3) is 5.91 Å². The quantitative estimate of drug-likeness (QED) is 0.610. The van der Waals surface area contributed by atoms with Crippen molar-refractivity contribution in [2.24, 2.45) is 5.84 Å². The van der Waals surface area contributed by atoms with E-state index in [9.17, 15) is 4.79 Å². The molecule has 19 heavy (non-hydrogen) atoms. The second-order valence-corrected chi connectivity index (χ2v) is 4.78. The summed E-state index contributed by atoms with van der Waals surface area (Å²) in [5.41, 5.74) is 4.00. The molecule has 0 aliphatic heterocycles. The number of hydrogen-bond acceptors (Lipinski definition) is 4. The van der Waals surface area contributed by atoms with E-state index in [4.69, 9.17) is 5.84 Å². The minimum absolute atomic E-state index is 0.00884. The Morgan fingerprint density at radius 1 is 1.47 bits per heavy atom. The summed E-state index contributed by atoms with van der Waals surface area (Å²) in [6, 6.07) is 3.75. The Bertz CT molecular complexity index is 411.